The fraction of sp³-hybridized carbons (Fsp3) is 0.483. The average Bonchev–Trinajstić information content (AvgIpc) is 3.11. The van der Waals surface area contributed by atoms with Gasteiger partial charge in [0.15, 0.2) is 0 Å². The van der Waals surface area contributed by atoms with Crippen molar-refractivity contribution in [1.82, 2.24) is 0 Å². The third-order valence-corrected chi connectivity index (χ3v) is 6.85. The highest BCUT2D eigenvalue weighted by Gasteiger charge is 2.40. The van der Waals surface area contributed by atoms with E-state index in [0.717, 1.165) is 42.4 Å². The van der Waals surface area contributed by atoms with Crippen molar-refractivity contribution in [1.29, 1.82) is 0 Å². The Labute approximate surface area is 202 Å². The number of carboxylic acid groups (broad SMARTS) is 1. The van der Waals surface area contributed by atoms with Gasteiger partial charge in [0, 0.05) is 12.0 Å². The highest BCUT2D eigenvalue weighted by Crippen LogP contribution is 2.39. The molecule has 2 unspecified atom stereocenters. The summed E-state index contributed by atoms with van der Waals surface area (Å²) in [6.45, 7) is 0. The predicted octanol–water partition coefficient (Wildman–Crippen LogP) is 4.63. The van der Waals surface area contributed by atoms with Gasteiger partial charge in [-0.05, 0) is 67.2 Å². The third-order valence-electron chi connectivity index (χ3n) is 6.85. The van der Waals surface area contributed by atoms with Gasteiger partial charge in [-0.1, -0.05) is 73.6 Å². The molecule has 3 rings (SSSR count). The summed E-state index contributed by atoms with van der Waals surface area (Å²) in [4.78, 5) is 10.6. The van der Waals surface area contributed by atoms with Crippen LogP contribution in [0, 0.1) is 23.7 Å². The summed E-state index contributed by atoms with van der Waals surface area (Å²) in [6, 6.07) is 18.1. The number of hydrogen-bond donors (Lipinski definition) is 4. The number of aliphatic hydroxyl groups excluding tert-OH is 3. The van der Waals surface area contributed by atoms with Gasteiger partial charge >= 0.3 is 5.97 Å². The van der Waals surface area contributed by atoms with E-state index < -0.39 is 24.3 Å². The molecule has 1 aliphatic carbocycles. The molecule has 0 amide bonds. The fourth-order valence-electron chi connectivity index (χ4n) is 4.96. The maximum atomic E-state index is 10.6. The molecule has 5 atom stereocenters. The summed E-state index contributed by atoms with van der Waals surface area (Å²) in [5, 5.41) is 39.9. The summed E-state index contributed by atoms with van der Waals surface area (Å²) >= 11 is 0. The number of aliphatic hydroxyl groups is 3. The third kappa shape index (κ3) is 7.99. The van der Waals surface area contributed by atoms with Crippen LogP contribution in [0.1, 0.15) is 63.4 Å². The van der Waals surface area contributed by atoms with Crippen LogP contribution in [0.3, 0.4) is 0 Å². The molecule has 4 N–H and O–H groups in total. The van der Waals surface area contributed by atoms with Gasteiger partial charge in [-0.2, -0.15) is 0 Å². The van der Waals surface area contributed by atoms with Gasteiger partial charge in [0.1, 0.15) is 6.10 Å². The molecule has 0 aliphatic heterocycles. The molecule has 0 bridgehead atoms. The first-order valence-electron chi connectivity index (χ1n) is 12.4. The van der Waals surface area contributed by atoms with Gasteiger partial charge in [-0.3, -0.25) is 4.79 Å². The first-order valence-corrected chi connectivity index (χ1v) is 12.4. The number of hydrogen-bond acceptors (Lipinski definition) is 4. The summed E-state index contributed by atoms with van der Waals surface area (Å²) in [7, 11) is 0. The number of carbonyl (C=O) groups is 1. The molecule has 1 aliphatic rings. The molecule has 0 heterocycles. The van der Waals surface area contributed by atoms with E-state index in [1.807, 2.05) is 42.5 Å². The van der Waals surface area contributed by atoms with Crippen molar-refractivity contribution in [2.75, 3.05) is 0 Å². The van der Waals surface area contributed by atoms with Crippen LogP contribution < -0.4 is 0 Å². The number of benzene rings is 2. The van der Waals surface area contributed by atoms with E-state index in [1.54, 1.807) is 0 Å². The standard InChI is InChI=1S/C29H36O5/c30-24(17-14-21-12-15-23(16-13-21)22-8-4-3-5-9-22)18-19-26-25(27(31)20-28(26)32)10-6-1-2-7-11-29(33)34/h3-5,8-9,12-13,15-16,24-28,30-32H,1-2,6-7,10-11,18-20H2,(H,33,34)/t24?,25?,26-,27+,28-/m1/s1. The van der Waals surface area contributed by atoms with Crippen molar-refractivity contribution >= 4 is 5.97 Å². The van der Waals surface area contributed by atoms with E-state index in [1.165, 1.54) is 0 Å². The van der Waals surface area contributed by atoms with Gasteiger partial charge in [-0.25, -0.2) is 0 Å². The topological polar surface area (TPSA) is 98.0 Å². The predicted molar refractivity (Wildman–Crippen MR) is 133 cm³/mol. The van der Waals surface area contributed by atoms with E-state index >= 15 is 0 Å². The minimum atomic E-state index is -0.782. The second kappa shape index (κ2) is 13.3. The Balaban J connectivity index is 1.46. The van der Waals surface area contributed by atoms with Crippen LogP contribution in [0.4, 0.5) is 0 Å². The van der Waals surface area contributed by atoms with E-state index in [2.05, 4.69) is 24.0 Å². The highest BCUT2D eigenvalue weighted by molar-refractivity contribution is 5.66. The number of unbranched alkanes of at least 4 members (excludes halogenated alkanes) is 3. The minimum Gasteiger partial charge on any atom is -0.481 e. The smallest absolute Gasteiger partial charge is 0.303 e. The Hall–Kier alpha value is -2.65. The highest BCUT2D eigenvalue weighted by atomic mass is 16.4. The van der Waals surface area contributed by atoms with Crippen molar-refractivity contribution in [2.24, 2.45) is 11.8 Å². The van der Waals surface area contributed by atoms with Crippen molar-refractivity contribution in [3.05, 3.63) is 60.2 Å². The molecule has 1 fully saturated rings. The Morgan fingerprint density at radius 3 is 2.15 bits per heavy atom. The van der Waals surface area contributed by atoms with Gasteiger partial charge in [-0.15, -0.1) is 0 Å². The molecule has 2 aromatic carbocycles. The van der Waals surface area contributed by atoms with Crippen LogP contribution in [0.25, 0.3) is 11.1 Å². The lowest BCUT2D eigenvalue weighted by molar-refractivity contribution is -0.137. The first kappa shape index (κ1) is 26.0. The zero-order chi connectivity index (χ0) is 24.3. The molecule has 5 heteroatoms. The van der Waals surface area contributed by atoms with Gasteiger partial charge in [0.05, 0.1) is 12.2 Å². The number of aliphatic carboxylic acids is 1. The lowest BCUT2D eigenvalue weighted by Crippen LogP contribution is -2.23. The Bertz CT molecular complexity index is 944. The molecule has 0 saturated heterocycles. The first-order chi connectivity index (χ1) is 16.4. The monoisotopic (exact) mass is 464 g/mol. The molecule has 0 radical (unpaired) electrons. The molecule has 0 spiro atoms. The van der Waals surface area contributed by atoms with Crippen LogP contribution >= 0.6 is 0 Å². The quantitative estimate of drug-likeness (QED) is 0.287. The van der Waals surface area contributed by atoms with Crippen LogP contribution in [-0.2, 0) is 4.79 Å². The van der Waals surface area contributed by atoms with E-state index in [4.69, 9.17) is 5.11 Å². The minimum absolute atomic E-state index is 0.0140. The van der Waals surface area contributed by atoms with Crippen molar-refractivity contribution < 1.29 is 25.2 Å². The van der Waals surface area contributed by atoms with Gasteiger partial charge in [0.2, 0.25) is 0 Å². The van der Waals surface area contributed by atoms with Crippen molar-refractivity contribution in [3.8, 4) is 23.0 Å². The van der Waals surface area contributed by atoms with Crippen molar-refractivity contribution in [2.45, 2.75) is 76.1 Å². The average molecular weight is 465 g/mol. The molecule has 0 aromatic heterocycles. The van der Waals surface area contributed by atoms with E-state index in [-0.39, 0.29) is 18.3 Å². The lowest BCUT2D eigenvalue weighted by atomic mass is 9.85. The van der Waals surface area contributed by atoms with Gasteiger partial charge in [0.25, 0.3) is 0 Å². The number of rotatable bonds is 11. The molecule has 5 nitrogen and oxygen atoms in total. The van der Waals surface area contributed by atoms with E-state index in [0.29, 0.717) is 25.7 Å². The molecular formula is C29H36O5. The Morgan fingerprint density at radius 2 is 1.47 bits per heavy atom. The second-order valence-corrected chi connectivity index (χ2v) is 9.35. The Morgan fingerprint density at radius 1 is 0.853 bits per heavy atom. The van der Waals surface area contributed by atoms with E-state index in [9.17, 15) is 20.1 Å². The fourth-order valence-corrected chi connectivity index (χ4v) is 4.96. The zero-order valence-electron chi connectivity index (χ0n) is 19.6. The molecule has 1 saturated carbocycles. The van der Waals surface area contributed by atoms with Crippen LogP contribution in [-0.4, -0.2) is 44.7 Å². The zero-order valence-corrected chi connectivity index (χ0v) is 19.6. The summed E-state index contributed by atoms with van der Waals surface area (Å²) in [6.07, 6.45) is 3.97. The molecule has 182 valence electrons. The maximum absolute atomic E-state index is 10.6. The summed E-state index contributed by atoms with van der Waals surface area (Å²) in [5.41, 5.74) is 3.11. The second-order valence-electron chi connectivity index (χ2n) is 9.35. The normalized spacial score (nSPS) is 22.7. The lowest BCUT2D eigenvalue weighted by Gasteiger charge is -2.24. The maximum Gasteiger partial charge on any atom is 0.303 e. The van der Waals surface area contributed by atoms with Crippen LogP contribution in [0.15, 0.2) is 54.6 Å². The van der Waals surface area contributed by atoms with Crippen molar-refractivity contribution in [3.63, 3.8) is 0 Å². The summed E-state index contributed by atoms with van der Waals surface area (Å²) in [5.74, 6) is 5.15. The SMILES string of the molecule is O=C(O)CCCCCCC1[C@@H](CCC(O)C#Cc2ccc(-c3ccccc3)cc2)[C@H](O)C[C@@H]1O. The van der Waals surface area contributed by atoms with Crippen LogP contribution in [0.5, 0.6) is 0 Å². The van der Waals surface area contributed by atoms with Gasteiger partial charge < -0.3 is 20.4 Å². The largest absolute Gasteiger partial charge is 0.481 e. The number of carboxylic acids is 1. The molecule has 34 heavy (non-hydrogen) atoms. The molecular weight excluding hydrogens is 428 g/mol. The van der Waals surface area contributed by atoms with Crippen LogP contribution in [0.2, 0.25) is 0 Å². The Kier molecular flexibility index (Phi) is 10.2. The molecule has 2 aromatic rings. The summed E-state index contributed by atoms with van der Waals surface area (Å²) < 4.78 is 0.